The topological polar surface area (TPSA) is 101 Å². The van der Waals surface area contributed by atoms with Crippen LogP contribution in [0.25, 0.3) is 0 Å². The van der Waals surface area contributed by atoms with Crippen molar-refractivity contribution in [2.24, 2.45) is 0 Å². The monoisotopic (exact) mass is 522 g/mol. The second kappa shape index (κ2) is 11.9. The number of methoxy groups -OCH3 is 2. The van der Waals surface area contributed by atoms with E-state index in [1.807, 2.05) is 24.3 Å². The van der Waals surface area contributed by atoms with E-state index >= 15 is 0 Å². The van der Waals surface area contributed by atoms with Gasteiger partial charge in [-0.1, -0.05) is 12.1 Å². The Labute approximate surface area is 223 Å². The smallest absolute Gasteiger partial charge is 0.347 e. The lowest BCUT2D eigenvalue weighted by Gasteiger charge is -2.19. The molecule has 0 radical (unpaired) electrons. The van der Waals surface area contributed by atoms with Gasteiger partial charge in [-0.05, 0) is 82.5 Å². The fraction of sp³-hybridized carbons (Fsp3) is 0.333. The highest BCUT2D eigenvalue weighted by Gasteiger charge is 2.26. The third-order valence-corrected chi connectivity index (χ3v) is 6.09. The van der Waals surface area contributed by atoms with E-state index in [9.17, 15) is 14.7 Å². The van der Waals surface area contributed by atoms with Crippen molar-refractivity contribution in [3.8, 4) is 28.7 Å². The summed E-state index contributed by atoms with van der Waals surface area (Å²) in [5, 5.41) is 10.7. The summed E-state index contributed by atoms with van der Waals surface area (Å²) in [6, 6.07) is 10.8. The van der Waals surface area contributed by atoms with E-state index in [-0.39, 0.29) is 34.3 Å². The number of hydrogen-bond acceptors (Lipinski definition) is 8. The van der Waals surface area contributed by atoms with Gasteiger partial charge in [0.15, 0.2) is 0 Å². The maximum absolute atomic E-state index is 13.3. The molecule has 3 aromatic carbocycles. The molecular weight excluding hydrogens is 488 g/mol. The second-order valence-electron chi connectivity index (χ2n) is 9.25. The highest BCUT2D eigenvalue weighted by atomic mass is 16.5. The molecule has 0 aliphatic heterocycles. The van der Waals surface area contributed by atoms with Crippen molar-refractivity contribution < 1.29 is 38.4 Å². The van der Waals surface area contributed by atoms with Gasteiger partial charge in [0.05, 0.1) is 20.3 Å². The van der Waals surface area contributed by atoms with E-state index in [2.05, 4.69) is 0 Å². The van der Waals surface area contributed by atoms with Gasteiger partial charge in [-0.2, -0.15) is 0 Å². The summed E-state index contributed by atoms with van der Waals surface area (Å²) >= 11 is 0. The lowest BCUT2D eigenvalue weighted by molar-refractivity contribution is 0.0373. The minimum absolute atomic E-state index is 0.0407. The van der Waals surface area contributed by atoms with Gasteiger partial charge in [-0.15, -0.1) is 0 Å². The first-order valence-corrected chi connectivity index (χ1v) is 12.2. The standard InChI is InChI=1S/C30H34O8/c1-16(2)37-29(32)25-17(3)14-24(19(5)27(25)31)38-30(33)26-18(4)13-23(20(6)28(26)35-8)36-15-21-9-11-22(34-7)12-10-21/h9-14,16,31H,15H2,1-8H3. The maximum Gasteiger partial charge on any atom is 0.347 e. The zero-order valence-corrected chi connectivity index (χ0v) is 23.1. The number of carbonyl (C=O) groups excluding carboxylic acids is 2. The lowest BCUT2D eigenvalue weighted by Crippen LogP contribution is -2.16. The van der Waals surface area contributed by atoms with Crippen LogP contribution in [-0.4, -0.2) is 37.4 Å². The van der Waals surface area contributed by atoms with Gasteiger partial charge in [-0.3, -0.25) is 0 Å². The van der Waals surface area contributed by atoms with E-state index in [0.29, 0.717) is 34.8 Å². The number of aromatic hydroxyl groups is 1. The molecule has 3 aromatic rings. The molecule has 0 saturated carbocycles. The number of esters is 2. The Morgan fingerprint density at radius 2 is 1.42 bits per heavy atom. The van der Waals surface area contributed by atoms with Crippen molar-refractivity contribution >= 4 is 11.9 Å². The molecular formula is C30H34O8. The molecule has 0 aromatic heterocycles. The predicted octanol–water partition coefficient (Wildman–Crippen LogP) is 6.01. The zero-order valence-electron chi connectivity index (χ0n) is 23.1. The molecule has 3 rings (SSSR count). The second-order valence-corrected chi connectivity index (χ2v) is 9.25. The van der Waals surface area contributed by atoms with Gasteiger partial charge in [-0.25, -0.2) is 9.59 Å². The summed E-state index contributed by atoms with van der Waals surface area (Å²) in [6.07, 6.45) is -0.346. The number of carbonyl (C=O) groups is 2. The first-order chi connectivity index (χ1) is 18.0. The van der Waals surface area contributed by atoms with E-state index in [4.69, 9.17) is 23.7 Å². The van der Waals surface area contributed by atoms with Crippen molar-refractivity contribution in [3.05, 3.63) is 75.3 Å². The highest BCUT2D eigenvalue weighted by molar-refractivity contribution is 5.98. The average Bonchev–Trinajstić information content (AvgIpc) is 2.86. The number of phenolic OH excluding ortho intramolecular Hbond substituents is 1. The highest BCUT2D eigenvalue weighted by Crippen LogP contribution is 2.38. The fourth-order valence-electron chi connectivity index (χ4n) is 4.05. The van der Waals surface area contributed by atoms with E-state index in [0.717, 1.165) is 11.3 Å². The van der Waals surface area contributed by atoms with Crippen LogP contribution in [0.15, 0.2) is 36.4 Å². The van der Waals surface area contributed by atoms with Gasteiger partial charge >= 0.3 is 11.9 Å². The molecule has 0 heterocycles. The molecule has 0 spiro atoms. The Kier molecular flexibility index (Phi) is 8.88. The number of rotatable bonds is 9. The van der Waals surface area contributed by atoms with Crippen LogP contribution in [0, 0.1) is 27.7 Å². The number of ether oxygens (including phenoxy) is 5. The van der Waals surface area contributed by atoms with Gasteiger partial charge in [0.2, 0.25) is 0 Å². The van der Waals surface area contributed by atoms with Crippen LogP contribution >= 0.6 is 0 Å². The molecule has 0 saturated heterocycles. The Bertz CT molecular complexity index is 1340. The van der Waals surface area contributed by atoms with Crippen molar-refractivity contribution in [1.82, 2.24) is 0 Å². The molecule has 1 N–H and O–H groups in total. The third kappa shape index (κ3) is 6.02. The minimum Gasteiger partial charge on any atom is -0.507 e. The van der Waals surface area contributed by atoms with Crippen molar-refractivity contribution in [3.63, 3.8) is 0 Å². The number of hydrogen-bond donors (Lipinski definition) is 1. The molecule has 0 fully saturated rings. The van der Waals surface area contributed by atoms with Crippen molar-refractivity contribution in [2.75, 3.05) is 14.2 Å². The molecule has 8 nitrogen and oxygen atoms in total. The summed E-state index contributed by atoms with van der Waals surface area (Å²) in [4.78, 5) is 25.8. The van der Waals surface area contributed by atoms with Gasteiger partial charge in [0.1, 0.15) is 46.5 Å². The van der Waals surface area contributed by atoms with Crippen molar-refractivity contribution in [2.45, 2.75) is 54.3 Å². The SMILES string of the molecule is COc1ccc(COc2cc(C)c(C(=O)Oc3cc(C)c(C(=O)OC(C)C)c(O)c3C)c(OC)c2C)cc1. The van der Waals surface area contributed by atoms with E-state index in [1.54, 1.807) is 54.7 Å². The molecule has 38 heavy (non-hydrogen) atoms. The molecule has 0 aliphatic rings. The van der Waals surface area contributed by atoms with E-state index in [1.165, 1.54) is 13.2 Å². The zero-order chi connectivity index (χ0) is 28.1. The Balaban J connectivity index is 1.88. The number of benzene rings is 3. The predicted molar refractivity (Wildman–Crippen MR) is 143 cm³/mol. The first kappa shape index (κ1) is 28.4. The van der Waals surface area contributed by atoms with Gasteiger partial charge in [0.25, 0.3) is 0 Å². The van der Waals surface area contributed by atoms with Crippen LogP contribution < -0.4 is 18.9 Å². The van der Waals surface area contributed by atoms with Crippen LogP contribution in [0.5, 0.6) is 28.7 Å². The minimum atomic E-state index is -0.663. The molecule has 0 amide bonds. The van der Waals surface area contributed by atoms with Crippen LogP contribution in [0.4, 0.5) is 0 Å². The fourth-order valence-corrected chi connectivity index (χ4v) is 4.05. The molecule has 8 heteroatoms. The van der Waals surface area contributed by atoms with E-state index < -0.39 is 11.9 Å². The molecule has 0 unspecified atom stereocenters. The van der Waals surface area contributed by atoms with Gasteiger partial charge in [0, 0.05) is 11.1 Å². The average molecular weight is 523 g/mol. The Morgan fingerprint density at radius 3 is 2.00 bits per heavy atom. The number of phenols is 1. The summed E-state index contributed by atoms with van der Waals surface area (Å²) < 4.78 is 27.7. The maximum atomic E-state index is 13.3. The normalized spacial score (nSPS) is 10.8. The first-order valence-electron chi connectivity index (χ1n) is 12.2. The molecule has 202 valence electrons. The lowest BCUT2D eigenvalue weighted by atomic mass is 10.0. The summed E-state index contributed by atoms with van der Waals surface area (Å²) in [7, 11) is 3.09. The largest absolute Gasteiger partial charge is 0.507 e. The van der Waals surface area contributed by atoms with Crippen LogP contribution in [0.1, 0.15) is 62.4 Å². The summed E-state index contributed by atoms with van der Waals surface area (Å²) in [5.41, 5.74) is 3.13. The third-order valence-electron chi connectivity index (χ3n) is 6.09. The molecule has 0 bridgehead atoms. The quantitative estimate of drug-likeness (QED) is 0.270. The Hall–Kier alpha value is -4.20. The van der Waals surface area contributed by atoms with Gasteiger partial charge < -0.3 is 28.8 Å². The van der Waals surface area contributed by atoms with Crippen LogP contribution in [0.3, 0.4) is 0 Å². The summed E-state index contributed by atoms with van der Waals surface area (Å²) in [5.74, 6) is 0.192. The molecule has 0 aliphatic carbocycles. The molecule has 0 atom stereocenters. The van der Waals surface area contributed by atoms with Crippen LogP contribution in [-0.2, 0) is 11.3 Å². The van der Waals surface area contributed by atoms with Crippen molar-refractivity contribution in [1.29, 1.82) is 0 Å². The Morgan fingerprint density at radius 1 is 0.816 bits per heavy atom. The van der Waals surface area contributed by atoms with Crippen LogP contribution in [0.2, 0.25) is 0 Å². The number of aryl methyl sites for hydroxylation is 2. The summed E-state index contributed by atoms with van der Waals surface area (Å²) in [6.45, 7) is 10.5.